The number of fused-ring (bicyclic) bond motifs is 3. The van der Waals surface area contributed by atoms with E-state index in [0.29, 0.717) is 17.7 Å². The van der Waals surface area contributed by atoms with Gasteiger partial charge in [0.15, 0.2) is 5.58 Å². The average Bonchev–Trinajstić information content (AvgIpc) is 2.84. The molecule has 4 heteroatoms. The van der Waals surface area contributed by atoms with Crippen LogP contribution in [-0.4, -0.2) is 17.6 Å². The van der Waals surface area contributed by atoms with Gasteiger partial charge in [-0.2, -0.15) is 0 Å². The van der Waals surface area contributed by atoms with E-state index in [0.717, 1.165) is 16.5 Å². The Labute approximate surface area is 115 Å². The number of nitrogens with one attached hydrogen (secondary N) is 1. The van der Waals surface area contributed by atoms with Crippen molar-refractivity contribution in [1.82, 2.24) is 0 Å². The van der Waals surface area contributed by atoms with Crippen molar-refractivity contribution >= 4 is 33.6 Å². The lowest BCUT2D eigenvalue weighted by Crippen LogP contribution is -2.01. The van der Waals surface area contributed by atoms with Crippen LogP contribution in [0.3, 0.4) is 0 Å². The summed E-state index contributed by atoms with van der Waals surface area (Å²) in [5.41, 5.74) is 2.08. The fourth-order valence-electron chi connectivity index (χ4n) is 2.33. The molecule has 1 heterocycles. The van der Waals surface area contributed by atoms with Crippen molar-refractivity contribution in [2.24, 2.45) is 0 Å². The minimum absolute atomic E-state index is 0.167. The molecule has 0 spiro atoms. The zero-order valence-electron chi connectivity index (χ0n) is 10.7. The SMILES string of the molecule is C=CCNc1ccc(C(=O)O)c2oc3ccccc3c12. The van der Waals surface area contributed by atoms with Gasteiger partial charge in [-0.3, -0.25) is 0 Å². The lowest BCUT2D eigenvalue weighted by molar-refractivity contribution is 0.0698. The van der Waals surface area contributed by atoms with E-state index in [1.54, 1.807) is 18.2 Å². The lowest BCUT2D eigenvalue weighted by Gasteiger charge is -2.06. The molecule has 0 bridgehead atoms. The zero-order valence-corrected chi connectivity index (χ0v) is 10.7. The fourth-order valence-corrected chi connectivity index (χ4v) is 2.33. The van der Waals surface area contributed by atoms with Gasteiger partial charge in [0.05, 0.1) is 5.39 Å². The van der Waals surface area contributed by atoms with Gasteiger partial charge >= 0.3 is 5.97 Å². The second-order valence-corrected chi connectivity index (χ2v) is 4.44. The van der Waals surface area contributed by atoms with Crippen molar-refractivity contribution in [3.05, 3.63) is 54.6 Å². The van der Waals surface area contributed by atoms with Gasteiger partial charge in [0.1, 0.15) is 11.1 Å². The molecule has 0 aliphatic rings. The second-order valence-electron chi connectivity index (χ2n) is 4.44. The Morgan fingerprint density at radius 3 is 2.85 bits per heavy atom. The smallest absolute Gasteiger partial charge is 0.339 e. The first-order chi connectivity index (χ1) is 9.72. The van der Waals surface area contributed by atoms with Crippen molar-refractivity contribution in [2.45, 2.75) is 0 Å². The summed E-state index contributed by atoms with van der Waals surface area (Å²) in [6, 6.07) is 10.8. The molecule has 0 aliphatic carbocycles. The number of anilines is 1. The molecule has 1 aromatic heterocycles. The summed E-state index contributed by atoms with van der Waals surface area (Å²) in [7, 11) is 0. The second kappa shape index (κ2) is 4.74. The minimum atomic E-state index is -0.996. The van der Waals surface area contributed by atoms with Crippen LogP contribution in [0.25, 0.3) is 21.9 Å². The Balaban J connectivity index is 2.38. The van der Waals surface area contributed by atoms with Crippen molar-refractivity contribution in [2.75, 3.05) is 11.9 Å². The van der Waals surface area contributed by atoms with Crippen LogP contribution in [-0.2, 0) is 0 Å². The summed E-state index contributed by atoms with van der Waals surface area (Å²) in [5.74, 6) is -0.996. The van der Waals surface area contributed by atoms with Crippen molar-refractivity contribution in [3.8, 4) is 0 Å². The van der Waals surface area contributed by atoms with Gasteiger partial charge in [-0.25, -0.2) is 4.79 Å². The Morgan fingerprint density at radius 1 is 1.30 bits per heavy atom. The van der Waals surface area contributed by atoms with Gasteiger partial charge in [0.25, 0.3) is 0 Å². The maximum atomic E-state index is 11.3. The van der Waals surface area contributed by atoms with E-state index in [1.165, 1.54) is 0 Å². The number of carbonyl (C=O) groups is 1. The van der Waals surface area contributed by atoms with E-state index in [2.05, 4.69) is 11.9 Å². The molecule has 0 saturated heterocycles. The van der Waals surface area contributed by atoms with Crippen molar-refractivity contribution < 1.29 is 14.3 Å². The van der Waals surface area contributed by atoms with E-state index in [1.807, 2.05) is 24.3 Å². The van der Waals surface area contributed by atoms with Gasteiger partial charge in [-0.1, -0.05) is 24.3 Å². The predicted octanol–water partition coefficient (Wildman–Crippen LogP) is 3.88. The quantitative estimate of drug-likeness (QED) is 0.704. The summed E-state index contributed by atoms with van der Waals surface area (Å²) in [5, 5.41) is 14.2. The van der Waals surface area contributed by atoms with Gasteiger partial charge < -0.3 is 14.8 Å². The van der Waals surface area contributed by atoms with Crippen LogP contribution in [0.1, 0.15) is 10.4 Å². The summed E-state index contributed by atoms with van der Waals surface area (Å²) < 4.78 is 5.72. The maximum absolute atomic E-state index is 11.3. The number of aromatic carboxylic acids is 1. The van der Waals surface area contributed by atoms with E-state index in [4.69, 9.17) is 4.42 Å². The van der Waals surface area contributed by atoms with Crippen molar-refractivity contribution in [3.63, 3.8) is 0 Å². The molecule has 2 aromatic carbocycles. The average molecular weight is 267 g/mol. The molecule has 3 aromatic rings. The van der Waals surface area contributed by atoms with Crippen molar-refractivity contribution in [1.29, 1.82) is 0 Å². The Hall–Kier alpha value is -2.75. The zero-order chi connectivity index (χ0) is 14.1. The highest BCUT2D eigenvalue weighted by Crippen LogP contribution is 2.36. The number of hydrogen-bond donors (Lipinski definition) is 2. The van der Waals surface area contributed by atoms with E-state index >= 15 is 0 Å². The Morgan fingerprint density at radius 2 is 2.10 bits per heavy atom. The first-order valence-electron chi connectivity index (χ1n) is 6.24. The third-order valence-corrected chi connectivity index (χ3v) is 3.19. The third kappa shape index (κ3) is 1.82. The molecule has 20 heavy (non-hydrogen) atoms. The standard InChI is InChI=1S/C16H13NO3/c1-2-9-17-12-8-7-11(16(18)19)15-14(12)10-5-3-4-6-13(10)20-15/h2-8,17H,1,9H2,(H,18,19). The summed E-state index contributed by atoms with van der Waals surface area (Å²) >= 11 is 0. The first-order valence-corrected chi connectivity index (χ1v) is 6.24. The molecule has 0 amide bonds. The number of benzene rings is 2. The highest BCUT2D eigenvalue weighted by Gasteiger charge is 2.17. The number of carboxylic acids is 1. The number of hydrogen-bond acceptors (Lipinski definition) is 3. The Bertz CT molecular complexity index is 817. The monoisotopic (exact) mass is 267 g/mol. The normalized spacial score (nSPS) is 10.8. The van der Waals surface area contributed by atoms with Crippen LogP contribution in [0.15, 0.2) is 53.5 Å². The van der Waals surface area contributed by atoms with Crippen LogP contribution in [0, 0.1) is 0 Å². The number of carboxylic acid groups (broad SMARTS) is 1. The first kappa shape index (κ1) is 12.3. The number of para-hydroxylation sites is 1. The van der Waals surface area contributed by atoms with Crippen LogP contribution in [0.5, 0.6) is 0 Å². The third-order valence-electron chi connectivity index (χ3n) is 3.19. The molecule has 4 nitrogen and oxygen atoms in total. The van der Waals surface area contributed by atoms with E-state index < -0.39 is 5.97 Å². The van der Waals surface area contributed by atoms with Gasteiger partial charge in [-0.15, -0.1) is 6.58 Å². The molecule has 0 atom stereocenters. The largest absolute Gasteiger partial charge is 0.478 e. The van der Waals surface area contributed by atoms with Crippen LogP contribution in [0.2, 0.25) is 0 Å². The summed E-state index contributed by atoms with van der Waals surface area (Å²) in [4.78, 5) is 11.3. The topological polar surface area (TPSA) is 62.5 Å². The molecule has 100 valence electrons. The number of rotatable bonds is 4. The van der Waals surface area contributed by atoms with Crippen LogP contribution < -0.4 is 5.32 Å². The van der Waals surface area contributed by atoms with Gasteiger partial charge in [0.2, 0.25) is 0 Å². The fraction of sp³-hybridized carbons (Fsp3) is 0.0625. The highest BCUT2D eigenvalue weighted by molar-refractivity contribution is 6.16. The van der Waals surface area contributed by atoms with Crippen LogP contribution >= 0.6 is 0 Å². The molecule has 2 N–H and O–H groups in total. The molecular formula is C16H13NO3. The molecule has 0 radical (unpaired) electrons. The molecule has 0 saturated carbocycles. The van der Waals surface area contributed by atoms with Crippen LogP contribution in [0.4, 0.5) is 5.69 Å². The molecule has 0 aliphatic heterocycles. The van der Waals surface area contributed by atoms with Gasteiger partial charge in [-0.05, 0) is 18.2 Å². The van der Waals surface area contributed by atoms with Gasteiger partial charge in [0, 0.05) is 17.6 Å². The maximum Gasteiger partial charge on any atom is 0.339 e. The molecule has 0 unspecified atom stereocenters. The van der Waals surface area contributed by atoms with E-state index in [9.17, 15) is 9.90 Å². The summed E-state index contributed by atoms with van der Waals surface area (Å²) in [6.07, 6.45) is 1.75. The predicted molar refractivity (Wildman–Crippen MR) is 79.4 cm³/mol. The highest BCUT2D eigenvalue weighted by atomic mass is 16.4. The molecular weight excluding hydrogens is 254 g/mol. The molecule has 3 rings (SSSR count). The van der Waals surface area contributed by atoms with E-state index in [-0.39, 0.29) is 5.56 Å². The minimum Gasteiger partial charge on any atom is -0.478 e. The summed E-state index contributed by atoms with van der Waals surface area (Å²) in [6.45, 7) is 4.27. The Kier molecular flexibility index (Phi) is 2.91. The lowest BCUT2D eigenvalue weighted by atomic mass is 10.1. The molecule has 0 fully saturated rings. The number of furan rings is 1.